The van der Waals surface area contributed by atoms with Gasteiger partial charge in [0.05, 0.1) is 6.61 Å². The Hall–Kier alpha value is -0.820. The fourth-order valence-electron chi connectivity index (χ4n) is 1.08. The van der Waals surface area contributed by atoms with Crippen LogP contribution in [0.2, 0.25) is 0 Å². The molecule has 0 aromatic rings. The van der Waals surface area contributed by atoms with Crippen LogP contribution in [0, 0.1) is 0 Å². The predicted octanol–water partition coefficient (Wildman–Crippen LogP) is 0.761. The fraction of sp³-hybridized carbons (Fsp3) is 0.889. The largest absolute Gasteiger partial charge is 0.406 e. The molecule has 0 spiro atoms. The van der Waals surface area contributed by atoms with Crippen molar-refractivity contribution in [2.75, 3.05) is 26.3 Å². The molecule has 0 saturated carbocycles. The third-order valence-electron chi connectivity index (χ3n) is 1.78. The number of alkyl halides is 3. The van der Waals surface area contributed by atoms with Gasteiger partial charge in [-0.05, 0) is 13.8 Å². The average molecular weight is 242 g/mol. The summed E-state index contributed by atoms with van der Waals surface area (Å²) in [7, 11) is 0. The van der Waals surface area contributed by atoms with E-state index in [-0.39, 0.29) is 19.8 Å². The summed E-state index contributed by atoms with van der Waals surface area (Å²) in [5, 5.41) is 0. The van der Waals surface area contributed by atoms with Crippen LogP contribution in [-0.2, 0) is 9.53 Å². The highest BCUT2D eigenvalue weighted by atomic mass is 19.4. The van der Waals surface area contributed by atoms with Crippen LogP contribution in [-0.4, -0.2) is 49.3 Å². The predicted molar refractivity (Wildman–Crippen MR) is 52.8 cm³/mol. The van der Waals surface area contributed by atoms with Crippen LogP contribution in [0.4, 0.5) is 13.2 Å². The third-order valence-corrected chi connectivity index (χ3v) is 1.78. The van der Waals surface area contributed by atoms with E-state index in [4.69, 9.17) is 10.5 Å². The number of hydrogen-bond acceptors (Lipinski definition) is 3. The smallest absolute Gasteiger partial charge is 0.370 e. The molecule has 0 aromatic heterocycles. The van der Waals surface area contributed by atoms with Crippen molar-refractivity contribution in [3.8, 4) is 0 Å². The molecule has 16 heavy (non-hydrogen) atoms. The SMILES string of the molecule is CC(C)N(CC(F)(F)F)C(=O)COCCN. The zero-order valence-corrected chi connectivity index (χ0v) is 9.38. The Kier molecular flexibility index (Phi) is 6.35. The van der Waals surface area contributed by atoms with Gasteiger partial charge in [-0.2, -0.15) is 13.2 Å². The molecule has 0 heterocycles. The van der Waals surface area contributed by atoms with Crippen molar-refractivity contribution < 1.29 is 22.7 Å². The Morgan fingerprint density at radius 1 is 1.44 bits per heavy atom. The topological polar surface area (TPSA) is 55.6 Å². The molecule has 96 valence electrons. The van der Waals surface area contributed by atoms with Gasteiger partial charge in [0.1, 0.15) is 13.2 Å². The van der Waals surface area contributed by atoms with Crippen LogP contribution in [0.25, 0.3) is 0 Å². The first-order chi connectivity index (χ1) is 7.28. The van der Waals surface area contributed by atoms with E-state index >= 15 is 0 Å². The number of ether oxygens (including phenoxy) is 1. The lowest BCUT2D eigenvalue weighted by atomic mass is 10.3. The van der Waals surface area contributed by atoms with Crippen molar-refractivity contribution >= 4 is 5.91 Å². The molecule has 0 atom stereocenters. The maximum Gasteiger partial charge on any atom is 0.406 e. The van der Waals surface area contributed by atoms with Gasteiger partial charge in [-0.1, -0.05) is 0 Å². The second kappa shape index (κ2) is 6.70. The van der Waals surface area contributed by atoms with E-state index in [1.54, 1.807) is 0 Å². The van der Waals surface area contributed by atoms with Crippen molar-refractivity contribution in [3.05, 3.63) is 0 Å². The number of nitrogens with zero attached hydrogens (tertiary/aromatic N) is 1. The number of hydrogen-bond donors (Lipinski definition) is 1. The summed E-state index contributed by atoms with van der Waals surface area (Å²) in [5.41, 5.74) is 5.12. The summed E-state index contributed by atoms with van der Waals surface area (Å²) in [6, 6.07) is -0.518. The van der Waals surface area contributed by atoms with Gasteiger partial charge in [0.25, 0.3) is 0 Å². The van der Waals surface area contributed by atoms with Crippen LogP contribution in [0.1, 0.15) is 13.8 Å². The van der Waals surface area contributed by atoms with Gasteiger partial charge in [-0.3, -0.25) is 4.79 Å². The molecule has 0 aliphatic carbocycles. The maximum absolute atomic E-state index is 12.2. The minimum Gasteiger partial charge on any atom is -0.370 e. The van der Waals surface area contributed by atoms with Gasteiger partial charge in [0, 0.05) is 12.6 Å². The Bertz CT molecular complexity index is 219. The zero-order chi connectivity index (χ0) is 12.8. The van der Waals surface area contributed by atoms with E-state index in [1.165, 1.54) is 13.8 Å². The van der Waals surface area contributed by atoms with Crippen LogP contribution >= 0.6 is 0 Å². The van der Waals surface area contributed by atoms with Crippen molar-refractivity contribution in [3.63, 3.8) is 0 Å². The maximum atomic E-state index is 12.2. The van der Waals surface area contributed by atoms with E-state index in [9.17, 15) is 18.0 Å². The Morgan fingerprint density at radius 3 is 2.38 bits per heavy atom. The Labute approximate surface area is 92.5 Å². The number of amides is 1. The number of carbonyl (C=O) groups is 1. The first-order valence-electron chi connectivity index (χ1n) is 4.92. The molecule has 0 aromatic carbocycles. The lowest BCUT2D eigenvalue weighted by Crippen LogP contribution is -2.45. The molecule has 0 aliphatic rings. The van der Waals surface area contributed by atoms with Gasteiger partial charge < -0.3 is 15.4 Å². The highest BCUT2D eigenvalue weighted by Gasteiger charge is 2.34. The number of carbonyl (C=O) groups excluding carboxylic acids is 1. The first kappa shape index (κ1) is 15.2. The molecule has 1 amide bonds. The standard InChI is InChI=1S/C9H17F3N2O2/c1-7(2)14(6-9(10,11)12)8(15)5-16-4-3-13/h7H,3-6,13H2,1-2H3. The lowest BCUT2D eigenvalue weighted by molar-refractivity contribution is -0.167. The molecule has 0 aliphatic heterocycles. The summed E-state index contributed by atoms with van der Waals surface area (Å²) in [5.74, 6) is -0.680. The highest BCUT2D eigenvalue weighted by Crippen LogP contribution is 2.18. The number of rotatable bonds is 6. The Balaban J connectivity index is 4.25. The van der Waals surface area contributed by atoms with E-state index in [2.05, 4.69) is 0 Å². The zero-order valence-electron chi connectivity index (χ0n) is 9.38. The van der Waals surface area contributed by atoms with Crippen LogP contribution in [0.5, 0.6) is 0 Å². The molecule has 0 saturated heterocycles. The van der Waals surface area contributed by atoms with Crippen LogP contribution in [0.15, 0.2) is 0 Å². The summed E-state index contributed by atoms with van der Waals surface area (Å²) < 4.78 is 41.3. The summed E-state index contributed by atoms with van der Waals surface area (Å²) in [6.45, 7) is 1.80. The van der Waals surface area contributed by atoms with Gasteiger partial charge in [-0.25, -0.2) is 0 Å². The molecule has 2 N–H and O–H groups in total. The van der Waals surface area contributed by atoms with E-state index in [1.807, 2.05) is 0 Å². The first-order valence-corrected chi connectivity index (χ1v) is 4.92. The molecule has 0 unspecified atom stereocenters. The number of halogens is 3. The molecular formula is C9H17F3N2O2. The van der Waals surface area contributed by atoms with E-state index < -0.39 is 24.7 Å². The fourth-order valence-corrected chi connectivity index (χ4v) is 1.08. The minimum atomic E-state index is -4.40. The van der Waals surface area contributed by atoms with Crippen molar-refractivity contribution in [1.82, 2.24) is 4.90 Å². The molecule has 4 nitrogen and oxygen atoms in total. The number of nitrogens with two attached hydrogens (primary N) is 1. The van der Waals surface area contributed by atoms with Gasteiger partial charge in [0.2, 0.25) is 5.91 Å². The second-order valence-corrected chi connectivity index (χ2v) is 3.57. The molecular weight excluding hydrogens is 225 g/mol. The minimum absolute atomic E-state index is 0.156. The van der Waals surface area contributed by atoms with Gasteiger partial charge in [-0.15, -0.1) is 0 Å². The monoisotopic (exact) mass is 242 g/mol. The van der Waals surface area contributed by atoms with Crippen LogP contribution < -0.4 is 5.73 Å². The highest BCUT2D eigenvalue weighted by molar-refractivity contribution is 5.77. The van der Waals surface area contributed by atoms with Crippen molar-refractivity contribution in [2.45, 2.75) is 26.1 Å². The summed E-state index contributed by atoms with van der Waals surface area (Å²) in [4.78, 5) is 12.1. The normalized spacial score (nSPS) is 11.9. The van der Waals surface area contributed by atoms with Crippen molar-refractivity contribution in [2.24, 2.45) is 5.73 Å². The van der Waals surface area contributed by atoms with Crippen molar-refractivity contribution in [1.29, 1.82) is 0 Å². The second-order valence-electron chi connectivity index (χ2n) is 3.57. The van der Waals surface area contributed by atoms with Gasteiger partial charge in [0.15, 0.2) is 0 Å². The van der Waals surface area contributed by atoms with E-state index in [0.29, 0.717) is 0 Å². The quantitative estimate of drug-likeness (QED) is 0.700. The third kappa shape index (κ3) is 6.62. The summed E-state index contributed by atoms with van der Waals surface area (Å²) >= 11 is 0. The van der Waals surface area contributed by atoms with Gasteiger partial charge >= 0.3 is 6.18 Å². The molecule has 0 rings (SSSR count). The summed E-state index contributed by atoms with van der Waals surface area (Å²) in [6.07, 6.45) is -4.40. The molecule has 7 heteroatoms. The van der Waals surface area contributed by atoms with E-state index in [0.717, 1.165) is 4.90 Å². The molecule has 0 fully saturated rings. The lowest BCUT2D eigenvalue weighted by Gasteiger charge is -2.27. The Morgan fingerprint density at radius 2 is 2.00 bits per heavy atom. The molecule has 0 radical (unpaired) electrons. The average Bonchev–Trinajstić information content (AvgIpc) is 2.12. The van der Waals surface area contributed by atoms with Crippen LogP contribution in [0.3, 0.4) is 0 Å². The molecule has 0 bridgehead atoms.